The van der Waals surface area contributed by atoms with E-state index < -0.39 is 56.8 Å². The fraction of sp³-hybridized carbons (Fsp3) is 0.485. The molecule has 6 rings (SSSR count). The molecule has 3 aliphatic rings. The summed E-state index contributed by atoms with van der Waals surface area (Å²) in [6.07, 6.45) is -7.84. The second-order valence-corrected chi connectivity index (χ2v) is 15.2. The zero-order valence-corrected chi connectivity index (χ0v) is 27.0. The molecule has 0 spiro atoms. The molecule has 3 aromatic rings. The van der Waals surface area contributed by atoms with Crippen molar-refractivity contribution in [1.82, 2.24) is 15.0 Å². The van der Waals surface area contributed by atoms with Crippen molar-refractivity contribution < 1.29 is 44.3 Å². The van der Waals surface area contributed by atoms with Crippen molar-refractivity contribution in [2.24, 2.45) is 23.2 Å². The minimum atomic E-state index is -5.01. The predicted octanol–water partition coefficient (Wildman–Crippen LogP) is 7.36. The van der Waals surface area contributed by atoms with Crippen LogP contribution < -0.4 is 10.0 Å². The van der Waals surface area contributed by atoms with Crippen LogP contribution in [0.5, 0.6) is 0 Å². The number of alkyl halides is 6. The average Bonchev–Trinajstić information content (AvgIpc) is 2.97. The van der Waals surface area contributed by atoms with E-state index in [-0.39, 0.29) is 51.4 Å². The van der Waals surface area contributed by atoms with Crippen molar-refractivity contribution in [2.45, 2.75) is 71.3 Å². The summed E-state index contributed by atoms with van der Waals surface area (Å²) in [5.41, 5.74) is -4.30. The Labute approximate surface area is 268 Å². The highest BCUT2D eigenvalue weighted by Gasteiger charge is 2.65. The molecule has 1 heterocycles. The smallest absolute Gasteiger partial charge is 0.346 e. The lowest BCUT2D eigenvalue weighted by Gasteiger charge is -2.66. The number of sulfonamides is 1. The quantitative estimate of drug-likeness (QED) is 0.242. The van der Waals surface area contributed by atoms with Crippen molar-refractivity contribution in [2.75, 3.05) is 5.75 Å². The van der Waals surface area contributed by atoms with E-state index in [0.717, 1.165) is 6.42 Å². The lowest BCUT2D eigenvalue weighted by molar-refractivity contribution is -0.164. The van der Waals surface area contributed by atoms with Crippen LogP contribution in [0.1, 0.15) is 74.9 Å². The molecule has 0 saturated heterocycles. The summed E-state index contributed by atoms with van der Waals surface area (Å²) >= 11 is 0. The molecule has 7 nitrogen and oxygen atoms in total. The summed E-state index contributed by atoms with van der Waals surface area (Å²) in [5.74, 6) is -2.12. The average molecular weight is 684 g/mol. The number of unbranched alkanes of at least 4 members (excludes halogenated alkanes) is 1. The third-order valence-corrected chi connectivity index (χ3v) is 11.3. The van der Waals surface area contributed by atoms with Gasteiger partial charge in [0.2, 0.25) is 15.9 Å². The van der Waals surface area contributed by atoms with Gasteiger partial charge in [-0.2, -0.15) is 26.3 Å². The van der Waals surface area contributed by atoms with Crippen molar-refractivity contribution in [3.8, 4) is 11.3 Å². The Bertz CT molecular complexity index is 1810. The Morgan fingerprint density at radius 1 is 0.915 bits per heavy atom. The zero-order valence-electron chi connectivity index (χ0n) is 26.1. The van der Waals surface area contributed by atoms with E-state index in [2.05, 4.69) is 28.9 Å². The van der Waals surface area contributed by atoms with Crippen molar-refractivity contribution >= 4 is 32.7 Å². The van der Waals surface area contributed by atoms with Crippen LogP contribution in [0, 0.1) is 23.2 Å². The molecule has 3 saturated carbocycles. The van der Waals surface area contributed by atoms with Crippen LogP contribution in [0.4, 0.5) is 26.3 Å². The van der Waals surface area contributed by atoms with Crippen LogP contribution in [0.3, 0.4) is 0 Å². The molecule has 14 heteroatoms. The van der Waals surface area contributed by atoms with E-state index in [0.29, 0.717) is 36.8 Å². The van der Waals surface area contributed by atoms with Crippen LogP contribution in [0.25, 0.3) is 22.2 Å². The van der Waals surface area contributed by atoms with Crippen LogP contribution in [0.15, 0.2) is 48.5 Å². The van der Waals surface area contributed by atoms with Gasteiger partial charge in [-0.1, -0.05) is 33.3 Å². The molecule has 2 bridgehead atoms. The SMILES string of the molecule is CCCCS(=O)(=O)NC(=O)[C@@H]1CC2C[C@@H](C2(C)C)[C@]1(C)NC(=O)c1ccc2nc(-c3cc(C(F)(F)F)cc(C(F)(F)F)c3)ccc2c1. The Morgan fingerprint density at radius 2 is 1.55 bits per heavy atom. The van der Waals surface area contributed by atoms with E-state index in [1.54, 1.807) is 6.92 Å². The summed E-state index contributed by atoms with van der Waals surface area (Å²) in [6, 6.07) is 8.32. The van der Waals surface area contributed by atoms with Crippen LogP contribution in [-0.2, 0) is 27.2 Å². The number of fused-ring (bicyclic) bond motifs is 3. The lowest BCUT2D eigenvalue weighted by atomic mass is 9.40. The van der Waals surface area contributed by atoms with Crippen LogP contribution >= 0.6 is 0 Å². The summed E-state index contributed by atoms with van der Waals surface area (Å²) in [7, 11) is -3.85. The van der Waals surface area contributed by atoms with Crippen molar-refractivity contribution in [3.63, 3.8) is 0 Å². The first-order valence-electron chi connectivity index (χ1n) is 15.2. The third-order valence-electron chi connectivity index (χ3n) is 10.00. The standard InChI is InChI=1S/C33H35F6N3O4S/c1-5-6-11-47(45,46)42-29(44)24-16-21-17-27(30(21,2)3)31(24,4)41-28(43)19-8-10-25-18(12-19)7-9-26(40-25)20-13-22(32(34,35)36)15-23(14-20)33(37,38)39/h7-10,12-15,21,24,27H,5-6,11,16-17H2,1-4H3,(H,41,43)(H,42,44)/t21?,24-,27-,31+/m0/s1. The fourth-order valence-corrected chi connectivity index (χ4v) is 8.44. The largest absolute Gasteiger partial charge is 0.416 e. The van der Waals surface area contributed by atoms with Gasteiger partial charge in [-0.05, 0) is 85.9 Å². The van der Waals surface area contributed by atoms with E-state index in [9.17, 15) is 44.3 Å². The number of halogens is 6. The molecule has 254 valence electrons. The van der Waals surface area contributed by atoms with Gasteiger partial charge in [0, 0.05) is 16.5 Å². The first-order chi connectivity index (χ1) is 21.7. The maximum atomic E-state index is 13.7. The first-order valence-corrected chi connectivity index (χ1v) is 16.9. The molecular weight excluding hydrogens is 648 g/mol. The Balaban J connectivity index is 1.43. The number of benzene rings is 2. The van der Waals surface area contributed by atoms with Gasteiger partial charge in [-0.25, -0.2) is 13.4 Å². The first kappa shape index (κ1) is 34.6. The minimum absolute atomic E-state index is 0.0483. The van der Waals surface area contributed by atoms with Gasteiger partial charge in [0.15, 0.2) is 0 Å². The summed E-state index contributed by atoms with van der Waals surface area (Å²) in [6.45, 7) is 7.72. The highest BCUT2D eigenvalue weighted by molar-refractivity contribution is 7.90. The highest BCUT2D eigenvalue weighted by Crippen LogP contribution is 2.64. The van der Waals surface area contributed by atoms with Gasteiger partial charge in [0.1, 0.15) is 0 Å². The number of aromatic nitrogens is 1. The molecule has 2 amide bonds. The molecule has 2 aromatic carbocycles. The molecule has 47 heavy (non-hydrogen) atoms. The molecule has 4 atom stereocenters. The van der Waals surface area contributed by atoms with Gasteiger partial charge in [-0.3, -0.25) is 14.3 Å². The zero-order chi connectivity index (χ0) is 34.7. The van der Waals surface area contributed by atoms with Gasteiger partial charge in [0.25, 0.3) is 5.91 Å². The van der Waals surface area contributed by atoms with Gasteiger partial charge < -0.3 is 5.32 Å². The molecule has 3 fully saturated rings. The third kappa shape index (κ3) is 6.70. The number of amides is 2. The van der Waals surface area contributed by atoms with E-state index >= 15 is 0 Å². The van der Waals surface area contributed by atoms with Crippen LogP contribution in [0.2, 0.25) is 0 Å². The molecule has 0 aliphatic heterocycles. The molecule has 0 radical (unpaired) electrons. The number of nitrogens with zero attached hydrogens (tertiary/aromatic N) is 1. The number of rotatable bonds is 8. The Hall–Kier alpha value is -3.68. The molecule has 2 N–H and O–H groups in total. The second-order valence-electron chi connectivity index (χ2n) is 13.4. The molecule has 3 aliphatic carbocycles. The maximum absolute atomic E-state index is 13.7. The molecule has 1 aromatic heterocycles. The maximum Gasteiger partial charge on any atom is 0.416 e. The molecular formula is C33H35F6N3O4S. The summed E-state index contributed by atoms with van der Waals surface area (Å²) < 4.78 is 108. The predicted molar refractivity (Wildman–Crippen MR) is 163 cm³/mol. The second kappa shape index (κ2) is 11.8. The summed E-state index contributed by atoms with van der Waals surface area (Å²) in [4.78, 5) is 31.3. The number of nitrogens with one attached hydrogen (secondary N) is 2. The number of carbonyl (C=O) groups is 2. The fourth-order valence-electron chi connectivity index (χ4n) is 7.22. The Kier molecular flexibility index (Phi) is 8.68. The van der Waals surface area contributed by atoms with E-state index in [1.807, 2.05) is 6.92 Å². The van der Waals surface area contributed by atoms with E-state index in [4.69, 9.17) is 0 Å². The number of carbonyl (C=O) groups excluding carboxylic acids is 2. The Morgan fingerprint density at radius 3 is 2.13 bits per heavy atom. The van der Waals surface area contributed by atoms with Crippen molar-refractivity contribution in [3.05, 3.63) is 65.2 Å². The van der Waals surface area contributed by atoms with Gasteiger partial charge in [0.05, 0.1) is 39.5 Å². The normalized spacial score (nSPS) is 24.0. The monoisotopic (exact) mass is 683 g/mol. The molecule has 1 unspecified atom stereocenters. The number of hydrogen-bond acceptors (Lipinski definition) is 5. The minimum Gasteiger partial charge on any atom is -0.346 e. The summed E-state index contributed by atoms with van der Waals surface area (Å²) in [5, 5.41) is 3.43. The van der Waals surface area contributed by atoms with Gasteiger partial charge >= 0.3 is 12.4 Å². The number of hydrogen-bond donors (Lipinski definition) is 2. The van der Waals surface area contributed by atoms with Gasteiger partial charge in [-0.15, -0.1) is 0 Å². The van der Waals surface area contributed by atoms with E-state index in [1.165, 1.54) is 30.3 Å². The number of pyridine rings is 1. The van der Waals surface area contributed by atoms with Crippen molar-refractivity contribution in [1.29, 1.82) is 0 Å². The highest BCUT2D eigenvalue weighted by atomic mass is 32.2. The topological polar surface area (TPSA) is 105 Å². The van der Waals surface area contributed by atoms with Crippen LogP contribution in [-0.4, -0.2) is 36.5 Å². The lowest BCUT2D eigenvalue weighted by Crippen LogP contribution is -2.72.